The monoisotopic (exact) mass is 310 g/mol. The van der Waals surface area contributed by atoms with E-state index in [-0.39, 0.29) is 24.5 Å². The fourth-order valence-electron chi connectivity index (χ4n) is 1.83. The molecule has 0 saturated carbocycles. The van der Waals surface area contributed by atoms with Crippen molar-refractivity contribution in [1.29, 1.82) is 0 Å². The second kappa shape index (κ2) is 7.05. The van der Waals surface area contributed by atoms with Crippen molar-refractivity contribution in [3.8, 4) is 11.8 Å². The van der Waals surface area contributed by atoms with Crippen molar-refractivity contribution in [2.45, 2.75) is 31.3 Å². The van der Waals surface area contributed by atoms with Gasteiger partial charge in [0.25, 0.3) is 0 Å². The first-order valence-corrected chi connectivity index (χ1v) is 8.16. The molecule has 0 fully saturated rings. The van der Waals surface area contributed by atoms with Gasteiger partial charge in [0.1, 0.15) is 0 Å². The van der Waals surface area contributed by atoms with Crippen LogP contribution in [0.25, 0.3) is 0 Å². The summed E-state index contributed by atoms with van der Waals surface area (Å²) >= 11 is 0. The molecule has 1 rings (SSSR count). The molecule has 3 N–H and O–H groups in total. The molecule has 0 aliphatic rings. The van der Waals surface area contributed by atoms with Crippen molar-refractivity contribution < 1.29 is 13.5 Å². The molecule has 0 aliphatic heterocycles. The lowest BCUT2D eigenvalue weighted by atomic mass is 10.1. The molecule has 1 aromatic carbocycles. The van der Waals surface area contributed by atoms with E-state index in [1.165, 1.54) is 16.4 Å². The Morgan fingerprint density at radius 3 is 2.57 bits per heavy atom. The van der Waals surface area contributed by atoms with E-state index in [0.29, 0.717) is 5.56 Å². The van der Waals surface area contributed by atoms with E-state index in [4.69, 9.17) is 5.73 Å². The third-order valence-corrected chi connectivity index (χ3v) is 4.64. The molecule has 0 aromatic heterocycles. The lowest BCUT2D eigenvalue weighted by Crippen LogP contribution is -2.42. The topological polar surface area (TPSA) is 83.6 Å². The third kappa shape index (κ3) is 5.14. The maximum atomic E-state index is 12.6. The van der Waals surface area contributed by atoms with E-state index in [1.54, 1.807) is 32.9 Å². The van der Waals surface area contributed by atoms with Gasteiger partial charge < -0.3 is 10.8 Å². The average molecular weight is 310 g/mol. The van der Waals surface area contributed by atoms with Crippen LogP contribution in [0.1, 0.15) is 26.3 Å². The van der Waals surface area contributed by atoms with E-state index >= 15 is 0 Å². The quantitative estimate of drug-likeness (QED) is 0.787. The van der Waals surface area contributed by atoms with Gasteiger partial charge in [-0.2, -0.15) is 4.31 Å². The number of benzene rings is 1. The second-order valence-electron chi connectivity index (χ2n) is 5.28. The van der Waals surface area contributed by atoms with Crippen LogP contribution in [0.15, 0.2) is 29.2 Å². The number of aliphatic hydroxyl groups is 1. The lowest BCUT2D eigenvalue weighted by Gasteiger charge is -2.27. The van der Waals surface area contributed by atoms with Crippen LogP contribution in [0.3, 0.4) is 0 Å². The van der Waals surface area contributed by atoms with Crippen LogP contribution in [0.2, 0.25) is 0 Å². The Bertz CT molecular complexity index is 637. The minimum Gasteiger partial charge on any atom is -0.389 e. The summed E-state index contributed by atoms with van der Waals surface area (Å²) in [5.41, 5.74) is 4.81. The minimum atomic E-state index is -3.66. The fourth-order valence-corrected chi connectivity index (χ4v) is 3.49. The van der Waals surface area contributed by atoms with Gasteiger partial charge >= 0.3 is 0 Å². The van der Waals surface area contributed by atoms with E-state index in [2.05, 4.69) is 11.8 Å². The summed E-state index contributed by atoms with van der Waals surface area (Å²) in [5, 5.41) is 9.86. The predicted octanol–water partition coefficient (Wildman–Crippen LogP) is 0.778. The van der Waals surface area contributed by atoms with Gasteiger partial charge in [0, 0.05) is 18.7 Å². The molecule has 0 bridgehead atoms. The van der Waals surface area contributed by atoms with Gasteiger partial charge in [0.15, 0.2) is 0 Å². The Labute approximate surface area is 126 Å². The predicted molar refractivity (Wildman–Crippen MR) is 83.1 cm³/mol. The van der Waals surface area contributed by atoms with Gasteiger partial charge in [0.2, 0.25) is 10.0 Å². The molecular weight excluding hydrogens is 288 g/mol. The Hall–Kier alpha value is -1.39. The summed E-state index contributed by atoms with van der Waals surface area (Å²) < 4.78 is 26.5. The lowest BCUT2D eigenvalue weighted by molar-refractivity contribution is 0.0601. The zero-order valence-corrected chi connectivity index (χ0v) is 13.4. The van der Waals surface area contributed by atoms with Gasteiger partial charge in [0.05, 0.1) is 17.0 Å². The molecule has 0 unspecified atom stereocenters. The Kier molecular flexibility index (Phi) is 5.93. The number of nitrogens with zero attached hydrogens (tertiary/aromatic N) is 1. The highest BCUT2D eigenvalue weighted by Gasteiger charge is 2.28. The molecule has 0 heterocycles. The molecule has 0 radical (unpaired) electrons. The summed E-state index contributed by atoms with van der Waals surface area (Å²) in [7, 11) is -3.66. The smallest absolute Gasteiger partial charge is 0.243 e. The summed E-state index contributed by atoms with van der Waals surface area (Å²) in [5.74, 6) is 5.51. The van der Waals surface area contributed by atoms with E-state index in [0.717, 1.165) is 0 Å². The maximum absolute atomic E-state index is 12.6. The summed E-state index contributed by atoms with van der Waals surface area (Å²) in [6, 6.07) is 6.42. The van der Waals surface area contributed by atoms with Crippen LogP contribution in [0.5, 0.6) is 0 Å². The average Bonchev–Trinajstić information content (AvgIpc) is 2.41. The summed E-state index contributed by atoms with van der Waals surface area (Å²) in [6.45, 7) is 5.43. The largest absolute Gasteiger partial charge is 0.389 e. The van der Waals surface area contributed by atoms with Crippen LogP contribution < -0.4 is 5.73 Å². The van der Waals surface area contributed by atoms with Crippen molar-refractivity contribution in [2.24, 2.45) is 5.73 Å². The highest BCUT2D eigenvalue weighted by molar-refractivity contribution is 7.89. The van der Waals surface area contributed by atoms with Crippen molar-refractivity contribution in [3.63, 3.8) is 0 Å². The van der Waals surface area contributed by atoms with Crippen LogP contribution in [-0.4, -0.2) is 43.1 Å². The second-order valence-corrected chi connectivity index (χ2v) is 7.22. The number of likely N-dealkylation sites (N-methyl/N-ethyl adjacent to an activating group) is 1. The first kappa shape index (κ1) is 17.7. The summed E-state index contributed by atoms with van der Waals surface area (Å²) in [6.07, 6.45) is 0. The number of rotatable bonds is 5. The molecule has 0 amide bonds. The zero-order chi connectivity index (χ0) is 16.1. The number of nitrogens with two attached hydrogens (primary N) is 1. The van der Waals surface area contributed by atoms with Gasteiger partial charge in [-0.3, -0.25) is 0 Å². The highest BCUT2D eigenvalue weighted by atomic mass is 32.2. The van der Waals surface area contributed by atoms with E-state index < -0.39 is 15.6 Å². The maximum Gasteiger partial charge on any atom is 0.243 e. The molecule has 21 heavy (non-hydrogen) atoms. The van der Waals surface area contributed by atoms with Crippen LogP contribution in [0.4, 0.5) is 0 Å². The first-order chi connectivity index (χ1) is 9.70. The zero-order valence-electron chi connectivity index (χ0n) is 12.6. The first-order valence-electron chi connectivity index (χ1n) is 6.72. The van der Waals surface area contributed by atoms with Crippen LogP contribution >= 0.6 is 0 Å². The number of hydrogen-bond acceptors (Lipinski definition) is 4. The number of sulfonamides is 1. The molecule has 116 valence electrons. The van der Waals surface area contributed by atoms with Gasteiger partial charge in [-0.1, -0.05) is 24.8 Å². The normalized spacial score (nSPS) is 12.1. The molecule has 0 atom stereocenters. The molecule has 0 saturated heterocycles. The molecule has 5 nitrogen and oxygen atoms in total. The Balaban J connectivity index is 3.17. The SMILES string of the molecule is CCN(CC(C)(C)O)S(=O)(=O)c1cccc(C#CCN)c1. The van der Waals surface area contributed by atoms with E-state index in [1.807, 2.05) is 0 Å². The molecular formula is C15H22N2O3S. The van der Waals surface area contributed by atoms with Crippen LogP contribution in [0, 0.1) is 11.8 Å². The standard InChI is InChI=1S/C15H22N2O3S/c1-4-17(12-15(2,3)18)21(19,20)14-9-5-7-13(11-14)8-6-10-16/h5,7,9,11,18H,4,10,12,16H2,1-3H3. The van der Waals surface area contributed by atoms with Gasteiger partial charge in [-0.15, -0.1) is 0 Å². The van der Waals surface area contributed by atoms with Crippen molar-refractivity contribution in [3.05, 3.63) is 29.8 Å². The Morgan fingerprint density at radius 2 is 2.05 bits per heavy atom. The molecule has 0 spiro atoms. The molecule has 0 aliphatic carbocycles. The third-order valence-electron chi connectivity index (χ3n) is 2.72. The van der Waals surface area contributed by atoms with Crippen molar-refractivity contribution in [2.75, 3.05) is 19.6 Å². The van der Waals surface area contributed by atoms with Crippen LogP contribution in [-0.2, 0) is 10.0 Å². The van der Waals surface area contributed by atoms with Gasteiger partial charge in [-0.05, 0) is 32.0 Å². The fraction of sp³-hybridized carbons (Fsp3) is 0.467. The van der Waals surface area contributed by atoms with E-state index in [9.17, 15) is 13.5 Å². The highest BCUT2D eigenvalue weighted by Crippen LogP contribution is 2.19. The Morgan fingerprint density at radius 1 is 1.38 bits per heavy atom. The number of hydrogen-bond donors (Lipinski definition) is 2. The minimum absolute atomic E-state index is 0.0323. The summed E-state index contributed by atoms with van der Waals surface area (Å²) in [4.78, 5) is 0.164. The molecule has 1 aromatic rings. The van der Waals surface area contributed by atoms with Crippen molar-refractivity contribution >= 4 is 10.0 Å². The molecule has 6 heteroatoms. The van der Waals surface area contributed by atoms with Crippen molar-refractivity contribution in [1.82, 2.24) is 4.31 Å². The van der Waals surface area contributed by atoms with Gasteiger partial charge in [-0.25, -0.2) is 8.42 Å².